The van der Waals surface area contributed by atoms with E-state index >= 15 is 0 Å². The van der Waals surface area contributed by atoms with Gasteiger partial charge in [0.15, 0.2) is 0 Å². The maximum atomic E-state index is 10.5. The maximum Gasteiger partial charge on any atom is 0.0799 e. The molecule has 1 aromatic carbocycles. The van der Waals surface area contributed by atoms with E-state index in [4.69, 9.17) is 0 Å². The zero-order valence-corrected chi connectivity index (χ0v) is 12.7. The van der Waals surface area contributed by atoms with E-state index in [-0.39, 0.29) is 0 Å². The van der Waals surface area contributed by atoms with Gasteiger partial charge in [-0.1, -0.05) is 25.1 Å². The van der Waals surface area contributed by atoms with Gasteiger partial charge in [0, 0.05) is 24.9 Å². The average Bonchev–Trinajstić information content (AvgIpc) is 2.77. The number of aromatic nitrogens is 2. The number of aliphatic hydroxyl groups is 1. The first-order valence-electron chi connectivity index (χ1n) is 7.45. The third-order valence-corrected chi connectivity index (χ3v) is 3.51. The highest BCUT2D eigenvalue weighted by Gasteiger charge is 2.23. The molecule has 20 heavy (non-hydrogen) atoms. The summed E-state index contributed by atoms with van der Waals surface area (Å²) in [5, 5.41) is 19.6. The molecule has 4 nitrogen and oxygen atoms in total. The fraction of sp³-hybridized carbons (Fsp3) is 0.562. The third kappa shape index (κ3) is 3.38. The van der Waals surface area contributed by atoms with Gasteiger partial charge in [-0.3, -0.25) is 4.68 Å². The summed E-state index contributed by atoms with van der Waals surface area (Å²) in [5.74, 6) is 0. The summed E-state index contributed by atoms with van der Waals surface area (Å²) in [6.45, 7) is 8.45. The molecule has 0 saturated heterocycles. The molecule has 0 aliphatic rings. The van der Waals surface area contributed by atoms with Gasteiger partial charge in [0.25, 0.3) is 0 Å². The van der Waals surface area contributed by atoms with Crippen LogP contribution in [0.25, 0.3) is 10.9 Å². The Bertz CT molecular complexity index is 560. The van der Waals surface area contributed by atoms with Crippen LogP contribution in [0.15, 0.2) is 24.3 Å². The molecule has 2 aromatic rings. The van der Waals surface area contributed by atoms with E-state index in [2.05, 4.69) is 36.4 Å². The second-order valence-electron chi connectivity index (χ2n) is 5.63. The Balaban J connectivity index is 2.20. The number of nitrogens with zero attached hydrogens (tertiary/aromatic N) is 2. The van der Waals surface area contributed by atoms with Crippen molar-refractivity contribution in [3.8, 4) is 0 Å². The second-order valence-corrected chi connectivity index (χ2v) is 5.63. The molecule has 0 aliphatic heterocycles. The largest absolute Gasteiger partial charge is 0.388 e. The molecule has 0 saturated carbocycles. The number of rotatable bonds is 7. The molecular formula is C16H25N3O. The summed E-state index contributed by atoms with van der Waals surface area (Å²) in [6, 6.07) is 8.22. The van der Waals surface area contributed by atoms with Gasteiger partial charge in [-0.15, -0.1) is 0 Å². The number of hydrogen-bond acceptors (Lipinski definition) is 3. The van der Waals surface area contributed by atoms with Gasteiger partial charge >= 0.3 is 0 Å². The van der Waals surface area contributed by atoms with E-state index in [0.717, 1.165) is 36.1 Å². The van der Waals surface area contributed by atoms with Gasteiger partial charge in [-0.25, -0.2) is 0 Å². The molecule has 0 bridgehead atoms. The zero-order chi connectivity index (χ0) is 14.6. The van der Waals surface area contributed by atoms with Crippen molar-refractivity contribution in [2.24, 2.45) is 0 Å². The van der Waals surface area contributed by atoms with E-state index < -0.39 is 5.60 Å². The number of fused-ring (bicyclic) bond motifs is 1. The molecule has 0 amide bonds. The van der Waals surface area contributed by atoms with Crippen molar-refractivity contribution in [2.75, 3.05) is 13.1 Å². The topological polar surface area (TPSA) is 50.1 Å². The lowest BCUT2D eigenvalue weighted by molar-refractivity contribution is 0.0595. The Hall–Kier alpha value is -1.39. The maximum absolute atomic E-state index is 10.5. The molecule has 2 rings (SSSR count). The molecule has 0 radical (unpaired) electrons. The Labute approximate surface area is 120 Å². The number of benzene rings is 1. The Morgan fingerprint density at radius 3 is 2.75 bits per heavy atom. The molecule has 4 heteroatoms. The van der Waals surface area contributed by atoms with Crippen molar-refractivity contribution in [3.63, 3.8) is 0 Å². The van der Waals surface area contributed by atoms with Crippen molar-refractivity contribution in [3.05, 3.63) is 30.0 Å². The summed E-state index contributed by atoms with van der Waals surface area (Å²) in [6.07, 6.45) is 1.64. The summed E-state index contributed by atoms with van der Waals surface area (Å²) in [4.78, 5) is 0. The molecule has 0 spiro atoms. The van der Waals surface area contributed by atoms with Gasteiger partial charge in [0.2, 0.25) is 0 Å². The predicted octanol–water partition coefficient (Wildman–Crippen LogP) is 2.35. The highest BCUT2D eigenvalue weighted by atomic mass is 16.3. The van der Waals surface area contributed by atoms with Crippen LogP contribution in [0, 0.1) is 0 Å². The standard InChI is InChI=1S/C16H25N3O/c1-4-10-17-12-16(3,20)11-14-13-8-6-7-9-15(13)19(5-2)18-14/h6-9,17,20H,4-5,10-12H2,1-3H3. The van der Waals surface area contributed by atoms with Crippen LogP contribution in [-0.4, -0.2) is 33.6 Å². The molecule has 0 aliphatic carbocycles. The van der Waals surface area contributed by atoms with Crippen LogP contribution in [0.1, 0.15) is 32.9 Å². The lowest BCUT2D eigenvalue weighted by atomic mass is 9.98. The van der Waals surface area contributed by atoms with Crippen molar-refractivity contribution in [1.29, 1.82) is 0 Å². The average molecular weight is 275 g/mol. The van der Waals surface area contributed by atoms with Crippen LogP contribution in [0.2, 0.25) is 0 Å². The van der Waals surface area contributed by atoms with Crippen molar-refractivity contribution >= 4 is 10.9 Å². The molecule has 0 fully saturated rings. The monoisotopic (exact) mass is 275 g/mol. The minimum atomic E-state index is -0.773. The number of hydrogen-bond donors (Lipinski definition) is 2. The Morgan fingerprint density at radius 2 is 2.05 bits per heavy atom. The van der Waals surface area contributed by atoms with Crippen LogP contribution in [0.3, 0.4) is 0 Å². The number of aryl methyl sites for hydroxylation is 1. The minimum absolute atomic E-state index is 0.567. The first-order valence-corrected chi connectivity index (χ1v) is 7.45. The van der Waals surface area contributed by atoms with Crippen LogP contribution in [0.4, 0.5) is 0 Å². The van der Waals surface area contributed by atoms with Gasteiger partial charge in [0.1, 0.15) is 0 Å². The summed E-state index contributed by atoms with van der Waals surface area (Å²) >= 11 is 0. The van der Waals surface area contributed by atoms with Crippen LogP contribution in [0.5, 0.6) is 0 Å². The summed E-state index contributed by atoms with van der Waals surface area (Å²) in [5.41, 5.74) is 1.35. The third-order valence-electron chi connectivity index (χ3n) is 3.51. The van der Waals surface area contributed by atoms with Gasteiger partial charge < -0.3 is 10.4 Å². The van der Waals surface area contributed by atoms with E-state index in [1.165, 1.54) is 0 Å². The number of para-hydroxylation sites is 1. The highest BCUT2D eigenvalue weighted by Crippen LogP contribution is 2.22. The van der Waals surface area contributed by atoms with Crippen molar-refractivity contribution in [2.45, 2.75) is 45.8 Å². The molecule has 1 heterocycles. The van der Waals surface area contributed by atoms with Gasteiger partial charge in [0.05, 0.1) is 16.8 Å². The quantitative estimate of drug-likeness (QED) is 0.763. The Morgan fingerprint density at radius 1 is 1.30 bits per heavy atom. The predicted molar refractivity (Wildman–Crippen MR) is 82.9 cm³/mol. The molecular weight excluding hydrogens is 250 g/mol. The Kier molecular flexibility index (Phi) is 4.78. The highest BCUT2D eigenvalue weighted by molar-refractivity contribution is 5.82. The second kappa shape index (κ2) is 6.37. The fourth-order valence-corrected chi connectivity index (χ4v) is 2.53. The van der Waals surface area contributed by atoms with E-state index in [0.29, 0.717) is 13.0 Å². The van der Waals surface area contributed by atoms with Crippen LogP contribution in [-0.2, 0) is 13.0 Å². The molecule has 2 N–H and O–H groups in total. The van der Waals surface area contributed by atoms with Gasteiger partial charge in [-0.05, 0) is 32.9 Å². The fourth-order valence-electron chi connectivity index (χ4n) is 2.53. The first-order chi connectivity index (χ1) is 9.57. The van der Waals surface area contributed by atoms with Crippen LogP contribution >= 0.6 is 0 Å². The lowest BCUT2D eigenvalue weighted by Crippen LogP contribution is -2.40. The van der Waals surface area contributed by atoms with E-state index in [9.17, 15) is 5.11 Å². The molecule has 1 atom stereocenters. The lowest BCUT2D eigenvalue weighted by Gasteiger charge is -2.22. The molecule has 1 aromatic heterocycles. The normalized spacial score (nSPS) is 14.6. The zero-order valence-electron chi connectivity index (χ0n) is 12.7. The molecule has 1 unspecified atom stereocenters. The summed E-state index contributed by atoms with van der Waals surface area (Å²) in [7, 11) is 0. The van der Waals surface area contributed by atoms with Crippen molar-refractivity contribution in [1.82, 2.24) is 15.1 Å². The van der Waals surface area contributed by atoms with Crippen molar-refractivity contribution < 1.29 is 5.11 Å². The van der Waals surface area contributed by atoms with E-state index in [1.807, 2.05) is 23.7 Å². The minimum Gasteiger partial charge on any atom is -0.388 e. The molecule has 110 valence electrons. The van der Waals surface area contributed by atoms with Crippen LogP contribution < -0.4 is 5.32 Å². The summed E-state index contributed by atoms with van der Waals surface area (Å²) < 4.78 is 2.00. The van der Waals surface area contributed by atoms with E-state index in [1.54, 1.807) is 0 Å². The number of nitrogens with one attached hydrogen (secondary N) is 1. The smallest absolute Gasteiger partial charge is 0.0799 e. The SMILES string of the molecule is CCCNCC(C)(O)Cc1nn(CC)c2ccccc12. The van der Waals surface area contributed by atoms with Gasteiger partial charge in [-0.2, -0.15) is 5.10 Å². The first kappa shape index (κ1) is 15.0.